The third kappa shape index (κ3) is 2.86. The monoisotopic (exact) mass is 185 g/mol. The average Bonchev–Trinajstić information content (AvgIpc) is 1.60. The van der Waals surface area contributed by atoms with Crippen molar-refractivity contribution in [3.8, 4) is 0 Å². The van der Waals surface area contributed by atoms with E-state index in [4.69, 9.17) is 0 Å². The molecule has 0 unspecified atom stereocenters. The van der Waals surface area contributed by atoms with E-state index in [0.29, 0.717) is 18.1 Å². The van der Waals surface area contributed by atoms with Gasteiger partial charge in [0.1, 0.15) is 0 Å². The summed E-state index contributed by atoms with van der Waals surface area (Å²) in [7, 11) is -2.69. The topological polar surface area (TPSA) is 46.2 Å². The fraction of sp³-hybridized carbons (Fsp3) is 1.00. The molecule has 0 bridgehead atoms. The first-order valence-electron chi connectivity index (χ1n) is 3.04. The molecule has 1 N–H and O–H groups in total. The van der Waals surface area contributed by atoms with Crippen molar-refractivity contribution < 1.29 is 8.42 Å². The third-order valence-electron chi connectivity index (χ3n) is 1.41. The average molecular weight is 186 g/mol. The van der Waals surface area contributed by atoms with Gasteiger partial charge in [-0.25, -0.2) is 8.42 Å². The second kappa shape index (κ2) is 3.55. The number of hydrogen-bond donors (Lipinski definition) is 1. The Hall–Kier alpha value is 0.200. The Morgan fingerprint density at radius 1 is 1.50 bits per heavy atom. The van der Waals surface area contributed by atoms with Gasteiger partial charge in [0.15, 0.2) is 9.84 Å². The first-order valence-corrected chi connectivity index (χ1v) is 4.86. The highest BCUT2D eigenvalue weighted by atomic mass is 35.5. The molecule has 1 aliphatic heterocycles. The van der Waals surface area contributed by atoms with Crippen molar-refractivity contribution >= 4 is 22.2 Å². The molecule has 1 heterocycles. The van der Waals surface area contributed by atoms with Crippen molar-refractivity contribution in [3.05, 3.63) is 0 Å². The third-order valence-corrected chi connectivity index (χ3v) is 3.24. The summed E-state index contributed by atoms with van der Waals surface area (Å²) in [6, 6.07) is 0.142. The fourth-order valence-corrected chi connectivity index (χ4v) is 2.46. The molecule has 62 valence electrons. The summed E-state index contributed by atoms with van der Waals surface area (Å²) in [4.78, 5) is 0. The van der Waals surface area contributed by atoms with E-state index >= 15 is 0 Å². The Labute approximate surface area is 67.5 Å². The molecule has 3 nitrogen and oxygen atoms in total. The van der Waals surface area contributed by atoms with E-state index < -0.39 is 9.84 Å². The second-order valence-electron chi connectivity index (χ2n) is 2.47. The van der Waals surface area contributed by atoms with E-state index in [2.05, 4.69) is 5.32 Å². The predicted octanol–water partition coefficient (Wildman–Crippen LogP) is -0.185. The summed E-state index contributed by atoms with van der Waals surface area (Å²) < 4.78 is 21.6. The smallest absolute Gasteiger partial charge is 0.153 e. The molecule has 0 spiro atoms. The Kier molecular flexibility index (Phi) is 3.62. The predicted molar refractivity (Wildman–Crippen MR) is 43.4 cm³/mol. The summed E-state index contributed by atoms with van der Waals surface area (Å²) in [6.07, 6.45) is 0. The van der Waals surface area contributed by atoms with Crippen LogP contribution in [0.25, 0.3) is 0 Å². The quantitative estimate of drug-likeness (QED) is 0.570. The van der Waals surface area contributed by atoms with Crippen LogP contribution in [-0.4, -0.2) is 32.5 Å². The molecule has 1 aliphatic rings. The van der Waals surface area contributed by atoms with Crippen LogP contribution in [0.1, 0.15) is 6.92 Å². The lowest BCUT2D eigenvalue weighted by Crippen LogP contribution is -2.42. The number of hydrogen-bond acceptors (Lipinski definition) is 3. The van der Waals surface area contributed by atoms with Crippen LogP contribution in [0.2, 0.25) is 0 Å². The molecule has 0 aromatic carbocycles. The summed E-state index contributed by atoms with van der Waals surface area (Å²) in [5.74, 6) is 0.602. The van der Waals surface area contributed by atoms with Crippen molar-refractivity contribution in [1.29, 1.82) is 0 Å². The largest absolute Gasteiger partial charge is 0.312 e. The molecule has 1 saturated heterocycles. The standard InChI is InChI=1S/C5H11NO2S.ClH/c1-5-4-9(7,8)3-2-6-5;/h5-6H,2-4H2,1H3;1H/t5-;/m1./s1. The van der Waals surface area contributed by atoms with Crippen LogP contribution in [0.3, 0.4) is 0 Å². The fourth-order valence-electron chi connectivity index (χ4n) is 0.984. The van der Waals surface area contributed by atoms with Crippen LogP contribution >= 0.6 is 12.4 Å². The minimum atomic E-state index is -2.69. The zero-order valence-corrected chi connectivity index (χ0v) is 7.46. The van der Waals surface area contributed by atoms with Gasteiger partial charge in [-0.2, -0.15) is 0 Å². The van der Waals surface area contributed by atoms with Gasteiger partial charge in [0.2, 0.25) is 0 Å². The van der Waals surface area contributed by atoms with Gasteiger partial charge < -0.3 is 5.32 Å². The minimum absolute atomic E-state index is 0. The summed E-state index contributed by atoms with van der Waals surface area (Å²) in [6.45, 7) is 2.50. The molecule has 0 aliphatic carbocycles. The summed E-state index contributed by atoms with van der Waals surface area (Å²) in [5.41, 5.74) is 0. The van der Waals surface area contributed by atoms with Crippen molar-refractivity contribution in [1.82, 2.24) is 5.32 Å². The van der Waals surface area contributed by atoms with E-state index in [1.807, 2.05) is 6.92 Å². The maximum atomic E-state index is 10.8. The highest BCUT2D eigenvalue weighted by molar-refractivity contribution is 7.91. The molecular formula is C5H12ClNO2S. The number of sulfone groups is 1. The van der Waals surface area contributed by atoms with Crippen molar-refractivity contribution in [3.63, 3.8) is 0 Å². The molecule has 0 saturated carbocycles. The summed E-state index contributed by atoms with van der Waals surface area (Å²) >= 11 is 0. The molecule has 0 aromatic rings. The SMILES string of the molecule is C[C@@H]1CS(=O)(=O)CCN1.Cl. The van der Waals surface area contributed by atoms with Gasteiger partial charge in [-0.15, -0.1) is 12.4 Å². The van der Waals surface area contributed by atoms with Gasteiger partial charge in [0.05, 0.1) is 11.5 Å². The molecule has 1 atom stereocenters. The molecule has 0 amide bonds. The Morgan fingerprint density at radius 3 is 2.40 bits per heavy atom. The van der Waals surface area contributed by atoms with E-state index in [0.717, 1.165) is 0 Å². The molecular weight excluding hydrogens is 174 g/mol. The molecule has 5 heteroatoms. The van der Waals surface area contributed by atoms with Crippen LogP contribution in [-0.2, 0) is 9.84 Å². The lowest BCUT2D eigenvalue weighted by Gasteiger charge is -2.19. The Morgan fingerprint density at radius 2 is 2.10 bits per heavy atom. The minimum Gasteiger partial charge on any atom is -0.312 e. The molecule has 0 aromatic heterocycles. The van der Waals surface area contributed by atoms with Gasteiger partial charge in [-0.3, -0.25) is 0 Å². The molecule has 1 fully saturated rings. The zero-order valence-electron chi connectivity index (χ0n) is 5.83. The molecule has 10 heavy (non-hydrogen) atoms. The van der Waals surface area contributed by atoms with Crippen LogP contribution < -0.4 is 5.32 Å². The van der Waals surface area contributed by atoms with Crippen LogP contribution in [0.5, 0.6) is 0 Å². The van der Waals surface area contributed by atoms with Crippen LogP contribution in [0.15, 0.2) is 0 Å². The number of rotatable bonds is 0. The Balaban J connectivity index is 0.000000810. The van der Waals surface area contributed by atoms with Crippen molar-refractivity contribution in [2.24, 2.45) is 0 Å². The van der Waals surface area contributed by atoms with E-state index in [9.17, 15) is 8.42 Å². The number of nitrogens with one attached hydrogen (secondary N) is 1. The van der Waals surface area contributed by atoms with Gasteiger partial charge in [0.25, 0.3) is 0 Å². The lowest BCUT2D eigenvalue weighted by atomic mass is 10.4. The first kappa shape index (κ1) is 10.2. The van der Waals surface area contributed by atoms with E-state index in [1.165, 1.54) is 0 Å². The van der Waals surface area contributed by atoms with E-state index in [-0.39, 0.29) is 18.4 Å². The van der Waals surface area contributed by atoms with Crippen LogP contribution in [0, 0.1) is 0 Å². The van der Waals surface area contributed by atoms with E-state index in [1.54, 1.807) is 0 Å². The maximum absolute atomic E-state index is 10.8. The van der Waals surface area contributed by atoms with Crippen molar-refractivity contribution in [2.45, 2.75) is 13.0 Å². The van der Waals surface area contributed by atoms with Gasteiger partial charge in [-0.1, -0.05) is 0 Å². The van der Waals surface area contributed by atoms with Crippen molar-refractivity contribution in [2.75, 3.05) is 18.1 Å². The molecule has 0 radical (unpaired) electrons. The summed E-state index contributed by atoms with van der Waals surface area (Å²) in [5, 5.41) is 3.06. The normalized spacial score (nSPS) is 30.7. The van der Waals surface area contributed by atoms with Gasteiger partial charge in [0, 0.05) is 12.6 Å². The lowest BCUT2D eigenvalue weighted by molar-refractivity contribution is 0.539. The number of halogens is 1. The van der Waals surface area contributed by atoms with Gasteiger partial charge in [-0.05, 0) is 6.92 Å². The first-order chi connectivity index (χ1) is 4.10. The zero-order chi connectivity index (χ0) is 6.91. The Bertz CT molecular complexity index is 190. The van der Waals surface area contributed by atoms with Crippen LogP contribution in [0.4, 0.5) is 0 Å². The maximum Gasteiger partial charge on any atom is 0.153 e. The highest BCUT2D eigenvalue weighted by Crippen LogP contribution is 1.99. The second-order valence-corrected chi connectivity index (χ2v) is 4.70. The molecule has 1 rings (SSSR count). The highest BCUT2D eigenvalue weighted by Gasteiger charge is 2.19. The van der Waals surface area contributed by atoms with Gasteiger partial charge >= 0.3 is 0 Å².